The normalized spacial score (nSPS) is 15.0. The Morgan fingerprint density at radius 1 is 1.00 bits per heavy atom. The molecule has 1 saturated heterocycles. The molecule has 0 atom stereocenters. The predicted molar refractivity (Wildman–Crippen MR) is 97.2 cm³/mol. The van der Waals surface area contributed by atoms with Crippen LogP contribution in [-0.2, 0) is 0 Å². The molecule has 0 saturated carbocycles. The highest BCUT2D eigenvalue weighted by atomic mass is 15.3. The molecule has 25 heavy (non-hydrogen) atoms. The average Bonchev–Trinajstić information content (AvgIpc) is 3.10. The Kier molecular flexibility index (Phi) is 3.83. The number of nitrogens with one attached hydrogen (secondary N) is 1. The van der Waals surface area contributed by atoms with E-state index in [1.165, 1.54) is 0 Å². The Balaban J connectivity index is 1.53. The Morgan fingerprint density at radius 3 is 2.52 bits per heavy atom. The van der Waals surface area contributed by atoms with Crippen molar-refractivity contribution >= 4 is 28.7 Å². The van der Waals surface area contributed by atoms with E-state index in [-0.39, 0.29) is 0 Å². The number of aryl methyl sites for hydroxylation is 1. The molecule has 1 fully saturated rings. The number of fused-ring (bicyclic) bond motifs is 1. The van der Waals surface area contributed by atoms with Crippen molar-refractivity contribution < 1.29 is 0 Å². The van der Waals surface area contributed by atoms with Gasteiger partial charge < -0.3 is 19.7 Å². The summed E-state index contributed by atoms with van der Waals surface area (Å²) in [4.78, 5) is 31.7. The van der Waals surface area contributed by atoms with Crippen LogP contribution in [0.1, 0.15) is 5.69 Å². The van der Waals surface area contributed by atoms with E-state index in [1.807, 2.05) is 32.0 Å². The third-order valence-corrected chi connectivity index (χ3v) is 4.35. The lowest BCUT2D eigenvalue weighted by molar-refractivity contribution is 0.634. The van der Waals surface area contributed by atoms with Gasteiger partial charge in [0.2, 0.25) is 5.95 Å². The van der Waals surface area contributed by atoms with Gasteiger partial charge in [0.15, 0.2) is 11.5 Å². The van der Waals surface area contributed by atoms with Gasteiger partial charge in [-0.2, -0.15) is 4.98 Å². The average molecular weight is 339 g/mol. The van der Waals surface area contributed by atoms with Gasteiger partial charge in [0.05, 0.1) is 6.33 Å². The Bertz CT molecular complexity index is 880. The Morgan fingerprint density at radius 2 is 1.76 bits per heavy atom. The fraction of sp³-hybridized carbons (Fsp3) is 0.438. The lowest BCUT2D eigenvalue weighted by Crippen LogP contribution is -2.47. The molecule has 9 nitrogen and oxygen atoms in total. The van der Waals surface area contributed by atoms with Crippen molar-refractivity contribution in [2.45, 2.75) is 6.92 Å². The topological polar surface area (TPSA) is 90.0 Å². The lowest BCUT2D eigenvalue weighted by Gasteiger charge is -2.35. The van der Waals surface area contributed by atoms with Gasteiger partial charge in [-0.15, -0.1) is 0 Å². The van der Waals surface area contributed by atoms with Crippen molar-refractivity contribution in [3.8, 4) is 0 Å². The van der Waals surface area contributed by atoms with E-state index in [9.17, 15) is 0 Å². The van der Waals surface area contributed by atoms with Crippen LogP contribution in [0, 0.1) is 6.92 Å². The van der Waals surface area contributed by atoms with E-state index < -0.39 is 0 Å². The fourth-order valence-corrected chi connectivity index (χ4v) is 3.02. The first-order valence-electron chi connectivity index (χ1n) is 8.29. The maximum atomic E-state index is 4.68. The number of hydrogen-bond acceptors (Lipinski definition) is 8. The minimum Gasteiger partial charge on any atom is -0.363 e. The van der Waals surface area contributed by atoms with Crippen molar-refractivity contribution in [1.29, 1.82) is 0 Å². The van der Waals surface area contributed by atoms with E-state index in [0.717, 1.165) is 55.0 Å². The smallest absolute Gasteiger partial charge is 0.227 e. The predicted octanol–water partition coefficient (Wildman–Crippen LogP) is 0.844. The zero-order valence-corrected chi connectivity index (χ0v) is 14.6. The summed E-state index contributed by atoms with van der Waals surface area (Å²) in [5.41, 5.74) is 2.56. The van der Waals surface area contributed by atoms with Crippen molar-refractivity contribution in [3.63, 3.8) is 0 Å². The molecule has 1 aliphatic rings. The number of imidazole rings is 1. The molecule has 0 amide bonds. The quantitative estimate of drug-likeness (QED) is 0.751. The molecule has 1 aliphatic heterocycles. The molecule has 130 valence electrons. The van der Waals surface area contributed by atoms with Crippen LogP contribution in [0.5, 0.6) is 0 Å². The van der Waals surface area contributed by atoms with Crippen LogP contribution in [0.2, 0.25) is 0 Å². The molecule has 0 bridgehead atoms. The third kappa shape index (κ3) is 2.92. The van der Waals surface area contributed by atoms with Crippen molar-refractivity contribution in [3.05, 3.63) is 24.4 Å². The second-order valence-corrected chi connectivity index (χ2v) is 6.33. The van der Waals surface area contributed by atoms with Gasteiger partial charge in [0.1, 0.15) is 17.7 Å². The number of H-pyrrole nitrogens is 1. The lowest BCUT2D eigenvalue weighted by atomic mass is 10.3. The second kappa shape index (κ2) is 6.15. The first kappa shape index (κ1) is 15.6. The van der Waals surface area contributed by atoms with Gasteiger partial charge >= 0.3 is 0 Å². The summed E-state index contributed by atoms with van der Waals surface area (Å²) < 4.78 is 0. The number of hydrogen-bond donors (Lipinski definition) is 1. The molecule has 3 aromatic rings. The van der Waals surface area contributed by atoms with E-state index in [2.05, 4.69) is 39.7 Å². The summed E-state index contributed by atoms with van der Waals surface area (Å²) in [6.07, 6.45) is 3.22. The molecule has 0 aliphatic carbocycles. The molecule has 0 unspecified atom stereocenters. The summed E-state index contributed by atoms with van der Waals surface area (Å²) >= 11 is 0. The van der Waals surface area contributed by atoms with Crippen LogP contribution in [0.25, 0.3) is 11.2 Å². The SMILES string of the molecule is Cc1cc(N(C)C)nc(N2CCN(c3ncnc4nc[nH]c34)CC2)n1. The van der Waals surface area contributed by atoms with Crippen LogP contribution in [0.4, 0.5) is 17.6 Å². The van der Waals surface area contributed by atoms with Crippen LogP contribution in [0.3, 0.4) is 0 Å². The van der Waals surface area contributed by atoms with E-state index in [0.29, 0.717) is 5.65 Å². The summed E-state index contributed by atoms with van der Waals surface area (Å²) in [7, 11) is 3.99. The van der Waals surface area contributed by atoms with Gasteiger partial charge in [-0.05, 0) is 6.92 Å². The molecule has 0 aromatic carbocycles. The molecule has 3 aromatic heterocycles. The first-order valence-corrected chi connectivity index (χ1v) is 8.29. The third-order valence-electron chi connectivity index (χ3n) is 4.35. The van der Waals surface area contributed by atoms with Crippen LogP contribution < -0.4 is 14.7 Å². The van der Waals surface area contributed by atoms with Crippen molar-refractivity contribution in [2.24, 2.45) is 0 Å². The number of aromatic amines is 1. The van der Waals surface area contributed by atoms with Gasteiger partial charge in [-0.25, -0.2) is 19.9 Å². The number of aromatic nitrogens is 6. The molecular formula is C16H21N9. The second-order valence-electron chi connectivity index (χ2n) is 6.33. The maximum absolute atomic E-state index is 4.68. The zero-order valence-electron chi connectivity index (χ0n) is 14.6. The van der Waals surface area contributed by atoms with Gasteiger partial charge in [-0.3, -0.25) is 0 Å². The molecule has 4 rings (SSSR count). The van der Waals surface area contributed by atoms with Crippen molar-refractivity contribution in [2.75, 3.05) is 55.0 Å². The molecule has 1 N–H and O–H groups in total. The zero-order chi connectivity index (χ0) is 17.4. The van der Waals surface area contributed by atoms with Crippen LogP contribution >= 0.6 is 0 Å². The van der Waals surface area contributed by atoms with Crippen LogP contribution in [-0.4, -0.2) is 70.2 Å². The highest BCUT2D eigenvalue weighted by molar-refractivity contribution is 5.82. The first-order chi connectivity index (χ1) is 12.1. The monoisotopic (exact) mass is 339 g/mol. The molecule has 0 spiro atoms. The molecule has 9 heteroatoms. The van der Waals surface area contributed by atoms with E-state index >= 15 is 0 Å². The molecule has 0 radical (unpaired) electrons. The number of nitrogens with zero attached hydrogens (tertiary/aromatic N) is 8. The van der Waals surface area contributed by atoms with Gasteiger partial charge in [-0.1, -0.05) is 0 Å². The largest absolute Gasteiger partial charge is 0.363 e. The standard InChI is InChI=1S/C16H21N9/c1-11-8-12(23(2)3)22-16(21-11)25-6-4-24(5-7-25)15-13-14(18-9-17-13)19-10-20-15/h8-10H,4-7H2,1-3H3,(H,17,18,19,20). The maximum Gasteiger partial charge on any atom is 0.227 e. The summed E-state index contributed by atoms with van der Waals surface area (Å²) in [6.45, 7) is 5.38. The molecule has 4 heterocycles. The van der Waals surface area contributed by atoms with Gasteiger partial charge in [0, 0.05) is 52.0 Å². The van der Waals surface area contributed by atoms with Gasteiger partial charge in [0.25, 0.3) is 0 Å². The number of rotatable bonds is 3. The fourth-order valence-electron chi connectivity index (χ4n) is 3.02. The number of piperazine rings is 1. The minimum atomic E-state index is 0.699. The Labute approximate surface area is 145 Å². The summed E-state index contributed by atoms with van der Waals surface area (Å²) in [5, 5.41) is 0. The van der Waals surface area contributed by atoms with E-state index in [4.69, 9.17) is 0 Å². The van der Waals surface area contributed by atoms with Crippen LogP contribution in [0.15, 0.2) is 18.7 Å². The highest BCUT2D eigenvalue weighted by Gasteiger charge is 2.22. The summed E-state index contributed by atoms with van der Waals surface area (Å²) in [6, 6.07) is 2.00. The summed E-state index contributed by atoms with van der Waals surface area (Å²) in [5.74, 6) is 2.62. The highest BCUT2D eigenvalue weighted by Crippen LogP contribution is 2.23. The molecular weight excluding hydrogens is 318 g/mol. The van der Waals surface area contributed by atoms with E-state index in [1.54, 1.807) is 12.7 Å². The van der Waals surface area contributed by atoms with Crippen molar-refractivity contribution in [1.82, 2.24) is 29.9 Å². The number of anilines is 3. The minimum absolute atomic E-state index is 0.699. The Hall–Kier alpha value is -2.97.